The second-order valence-corrected chi connectivity index (χ2v) is 2.88. The Morgan fingerprint density at radius 3 is 2.56 bits per heavy atom. The summed E-state index contributed by atoms with van der Waals surface area (Å²) in [7, 11) is 0. The van der Waals surface area contributed by atoms with Crippen LogP contribution >= 0.6 is 27.5 Å². The fourth-order valence-corrected chi connectivity index (χ4v) is 1.01. The lowest BCUT2D eigenvalue weighted by molar-refractivity contribution is -0.116. The van der Waals surface area contributed by atoms with E-state index in [0.29, 0.717) is 6.42 Å². The first-order chi connectivity index (χ1) is 4.31. The Bertz CT molecular complexity index is 85.1. The number of unbranched alkanes of at least 4 members (excludes halogenated alkanes) is 1. The van der Waals surface area contributed by atoms with Gasteiger partial charge in [-0.2, -0.15) is 0 Å². The van der Waals surface area contributed by atoms with Gasteiger partial charge in [-0.3, -0.25) is 4.79 Å². The van der Waals surface area contributed by atoms with Crippen molar-refractivity contribution < 1.29 is 4.79 Å². The molecule has 3 heteroatoms. The van der Waals surface area contributed by atoms with Gasteiger partial charge in [0.1, 0.15) is 5.78 Å². The van der Waals surface area contributed by atoms with Gasteiger partial charge in [-0.25, -0.2) is 0 Å². The molecule has 0 saturated carbocycles. The van der Waals surface area contributed by atoms with E-state index in [2.05, 4.69) is 15.9 Å². The fraction of sp³-hybridized carbons (Fsp3) is 0.833. The van der Waals surface area contributed by atoms with Gasteiger partial charge >= 0.3 is 0 Å². The average Bonchev–Trinajstić information content (AvgIpc) is 1.89. The number of hydrogen-bond acceptors (Lipinski definition) is 1. The minimum Gasteiger partial charge on any atom is -0.298 e. The molecule has 0 aliphatic carbocycles. The summed E-state index contributed by atoms with van der Waals surface area (Å²) in [5, 5.41) is 0.975. The molecular weight excluding hydrogens is 203 g/mol. The van der Waals surface area contributed by atoms with Crippen LogP contribution in [-0.2, 0) is 4.79 Å². The molecule has 0 aliphatic heterocycles. The third-order valence-corrected chi connectivity index (χ3v) is 1.85. The lowest BCUT2D eigenvalue weighted by Gasteiger charge is -1.92. The van der Waals surface area contributed by atoms with Gasteiger partial charge in [-0.05, 0) is 12.8 Å². The molecule has 0 N–H and O–H groups in total. The Morgan fingerprint density at radius 2 is 2.11 bits per heavy atom. The molecule has 0 aromatic rings. The summed E-state index contributed by atoms with van der Waals surface area (Å²) in [5.74, 6) is 0.320. The van der Waals surface area contributed by atoms with Crippen molar-refractivity contribution in [1.82, 2.24) is 0 Å². The second kappa shape index (κ2) is 6.56. The molecule has 0 saturated heterocycles. The van der Waals surface area contributed by atoms with Crippen molar-refractivity contribution in [3.63, 3.8) is 0 Å². The SMILES string of the molecule is O=C(CCl)CCCCBr. The van der Waals surface area contributed by atoms with E-state index < -0.39 is 0 Å². The van der Waals surface area contributed by atoms with Gasteiger partial charge in [0.15, 0.2) is 0 Å². The van der Waals surface area contributed by atoms with Crippen molar-refractivity contribution in [2.45, 2.75) is 19.3 Å². The highest BCUT2D eigenvalue weighted by atomic mass is 79.9. The Hall–Kier alpha value is 0.440. The van der Waals surface area contributed by atoms with E-state index in [4.69, 9.17) is 11.6 Å². The van der Waals surface area contributed by atoms with Crippen LogP contribution in [0, 0.1) is 0 Å². The van der Waals surface area contributed by atoms with E-state index in [0.717, 1.165) is 18.2 Å². The van der Waals surface area contributed by atoms with Gasteiger partial charge in [0.25, 0.3) is 0 Å². The number of carbonyl (C=O) groups excluding carboxylic acids is 1. The van der Waals surface area contributed by atoms with Crippen LogP contribution in [0.25, 0.3) is 0 Å². The van der Waals surface area contributed by atoms with Crippen LogP contribution in [-0.4, -0.2) is 17.0 Å². The van der Waals surface area contributed by atoms with E-state index in [1.807, 2.05) is 0 Å². The van der Waals surface area contributed by atoms with Gasteiger partial charge in [0, 0.05) is 11.8 Å². The molecule has 0 heterocycles. The van der Waals surface area contributed by atoms with Crippen molar-refractivity contribution >= 4 is 33.3 Å². The van der Waals surface area contributed by atoms with Crippen molar-refractivity contribution in [2.75, 3.05) is 11.2 Å². The van der Waals surface area contributed by atoms with Gasteiger partial charge in [0.05, 0.1) is 5.88 Å². The summed E-state index contributed by atoms with van der Waals surface area (Å²) in [6.45, 7) is 0. The van der Waals surface area contributed by atoms with Crippen LogP contribution in [0.3, 0.4) is 0 Å². The monoisotopic (exact) mass is 212 g/mol. The summed E-state index contributed by atoms with van der Waals surface area (Å²) in [6.07, 6.45) is 2.65. The molecule has 0 fully saturated rings. The zero-order chi connectivity index (χ0) is 7.11. The van der Waals surface area contributed by atoms with Crippen LogP contribution in [0.5, 0.6) is 0 Å². The van der Waals surface area contributed by atoms with Crippen molar-refractivity contribution in [1.29, 1.82) is 0 Å². The molecule has 0 spiro atoms. The molecule has 54 valence electrons. The number of ketones is 1. The molecule has 0 aliphatic rings. The Kier molecular flexibility index (Phi) is 6.88. The van der Waals surface area contributed by atoms with Gasteiger partial charge in [-0.1, -0.05) is 15.9 Å². The highest BCUT2D eigenvalue weighted by molar-refractivity contribution is 9.09. The highest BCUT2D eigenvalue weighted by Gasteiger charge is 1.96. The first-order valence-corrected chi connectivity index (χ1v) is 4.60. The number of rotatable bonds is 5. The molecule has 0 aromatic heterocycles. The molecule has 0 atom stereocenters. The minimum absolute atomic E-state index is 0.151. The van der Waals surface area contributed by atoms with Crippen molar-refractivity contribution in [2.24, 2.45) is 0 Å². The highest BCUT2D eigenvalue weighted by Crippen LogP contribution is 1.99. The van der Waals surface area contributed by atoms with E-state index in [9.17, 15) is 4.79 Å². The third kappa shape index (κ3) is 6.32. The molecule has 0 amide bonds. The van der Waals surface area contributed by atoms with Crippen LogP contribution < -0.4 is 0 Å². The maximum Gasteiger partial charge on any atom is 0.147 e. The molecule has 0 rings (SSSR count). The van der Waals surface area contributed by atoms with Gasteiger partial charge in [0.2, 0.25) is 0 Å². The van der Waals surface area contributed by atoms with Crippen LogP contribution in [0.2, 0.25) is 0 Å². The predicted molar refractivity (Wildman–Crippen MR) is 43.4 cm³/mol. The zero-order valence-corrected chi connectivity index (χ0v) is 7.54. The smallest absolute Gasteiger partial charge is 0.147 e. The Balaban J connectivity index is 2.97. The first kappa shape index (κ1) is 9.44. The van der Waals surface area contributed by atoms with Gasteiger partial charge < -0.3 is 0 Å². The number of alkyl halides is 2. The quantitative estimate of drug-likeness (QED) is 0.506. The second-order valence-electron chi connectivity index (χ2n) is 1.82. The average molecular weight is 214 g/mol. The topological polar surface area (TPSA) is 17.1 Å². The van der Waals surface area contributed by atoms with Gasteiger partial charge in [-0.15, -0.1) is 11.6 Å². The summed E-state index contributed by atoms with van der Waals surface area (Å²) in [4.78, 5) is 10.5. The molecule has 0 aromatic carbocycles. The zero-order valence-electron chi connectivity index (χ0n) is 5.20. The van der Waals surface area contributed by atoms with Crippen LogP contribution in [0.4, 0.5) is 0 Å². The summed E-state index contributed by atoms with van der Waals surface area (Å²) < 4.78 is 0. The number of Topliss-reactive ketones (excluding diaryl/α,β-unsaturated/α-hetero) is 1. The maximum atomic E-state index is 10.5. The Labute approximate surface area is 68.9 Å². The molecule has 0 bridgehead atoms. The molecule has 9 heavy (non-hydrogen) atoms. The molecule has 1 nitrogen and oxygen atoms in total. The Morgan fingerprint density at radius 1 is 1.44 bits per heavy atom. The lowest BCUT2D eigenvalue weighted by Crippen LogP contribution is -1.98. The molecule has 0 unspecified atom stereocenters. The van der Waals surface area contributed by atoms with Crippen molar-refractivity contribution in [3.8, 4) is 0 Å². The summed E-state index contributed by atoms with van der Waals surface area (Å²) >= 11 is 8.55. The number of hydrogen-bond donors (Lipinski definition) is 0. The first-order valence-electron chi connectivity index (χ1n) is 2.95. The van der Waals surface area contributed by atoms with E-state index in [-0.39, 0.29) is 11.7 Å². The lowest BCUT2D eigenvalue weighted by atomic mass is 10.2. The van der Waals surface area contributed by atoms with Crippen LogP contribution in [0.1, 0.15) is 19.3 Å². The summed E-state index contributed by atoms with van der Waals surface area (Å²) in [5.41, 5.74) is 0. The molecular formula is C6H10BrClO. The third-order valence-electron chi connectivity index (χ3n) is 0.988. The van der Waals surface area contributed by atoms with E-state index in [1.165, 1.54) is 0 Å². The minimum atomic E-state index is 0.151. The largest absolute Gasteiger partial charge is 0.298 e. The van der Waals surface area contributed by atoms with Crippen LogP contribution in [0.15, 0.2) is 0 Å². The normalized spacial score (nSPS) is 9.56. The molecule has 0 radical (unpaired) electrons. The number of halogens is 2. The fourth-order valence-electron chi connectivity index (χ4n) is 0.483. The standard InChI is InChI=1S/C6H10BrClO/c7-4-2-1-3-6(9)5-8/h1-5H2. The maximum absolute atomic E-state index is 10.5. The number of carbonyl (C=O) groups is 1. The van der Waals surface area contributed by atoms with Crippen molar-refractivity contribution in [3.05, 3.63) is 0 Å². The predicted octanol–water partition coefficient (Wildman–Crippen LogP) is 2.36. The summed E-state index contributed by atoms with van der Waals surface area (Å²) in [6, 6.07) is 0. The van der Waals surface area contributed by atoms with E-state index in [1.54, 1.807) is 0 Å². The van der Waals surface area contributed by atoms with E-state index >= 15 is 0 Å².